The molecule has 6 nitrogen and oxygen atoms in total. The summed E-state index contributed by atoms with van der Waals surface area (Å²) in [4.78, 5) is 12.5. The first-order valence-electron chi connectivity index (χ1n) is 9.53. The Morgan fingerprint density at radius 2 is 1.59 bits per heavy atom. The third kappa shape index (κ3) is 3.87. The standard InChI is InChI=1S/C23H23N5O/c1-15-25-26-21-14-13-20(27-28(15)21)16-7-11-19(12-8-16)24-22(29)17-5-9-18(10-6-17)23(2,3)4/h5-14H,1-4H3,(H,24,29). The van der Waals surface area contributed by atoms with Crippen LogP contribution in [0.2, 0.25) is 0 Å². The van der Waals surface area contributed by atoms with Gasteiger partial charge in [0, 0.05) is 16.8 Å². The summed E-state index contributed by atoms with van der Waals surface area (Å²) in [6.07, 6.45) is 0. The third-order valence-electron chi connectivity index (χ3n) is 4.87. The summed E-state index contributed by atoms with van der Waals surface area (Å²) >= 11 is 0. The highest BCUT2D eigenvalue weighted by Gasteiger charge is 2.14. The summed E-state index contributed by atoms with van der Waals surface area (Å²) in [7, 11) is 0. The molecule has 4 rings (SSSR count). The fraction of sp³-hybridized carbons (Fsp3) is 0.217. The molecular weight excluding hydrogens is 362 g/mol. The second-order valence-electron chi connectivity index (χ2n) is 8.09. The van der Waals surface area contributed by atoms with E-state index in [1.54, 1.807) is 4.52 Å². The summed E-state index contributed by atoms with van der Waals surface area (Å²) < 4.78 is 1.71. The molecule has 0 aliphatic rings. The molecule has 0 aliphatic heterocycles. The van der Waals surface area contributed by atoms with Crippen LogP contribution >= 0.6 is 0 Å². The lowest BCUT2D eigenvalue weighted by molar-refractivity contribution is 0.102. The van der Waals surface area contributed by atoms with Crippen LogP contribution < -0.4 is 5.32 Å². The smallest absolute Gasteiger partial charge is 0.255 e. The lowest BCUT2D eigenvalue weighted by Crippen LogP contribution is -2.14. The number of amides is 1. The molecule has 0 radical (unpaired) electrons. The summed E-state index contributed by atoms with van der Waals surface area (Å²) in [5, 5.41) is 15.6. The van der Waals surface area contributed by atoms with Crippen LogP contribution in [0.3, 0.4) is 0 Å². The van der Waals surface area contributed by atoms with Gasteiger partial charge in [0.25, 0.3) is 5.91 Å². The van der Waals surface area contributed by atoms with Gasteiger partial charge in [0.1, 0.15) is 0 Å². The van der Waals surface area contributed by atoms with Gasteiger partial charge in [0.15, 0.2) is 11.5 Å². The maximum absolute atomic E-state index is 12.5. The zero-order valence-corrected chi connectivity index (χ0v) is 17.0. The van der Waals surface area contributed by atoms with Crippen molar-refractivity contribution in [3.63, 3.8) is 0 Å². The van der Waals surface area contributed by atoms with E-state index >= 15 is 0 Å². The molecule has 0 fully saturated rings. The van der Waals surface area contributed by atoms with Crippen molar-refractivity contribution in [3.8, 4) is 11.3 Å². The molecule has 0 aliphatic carbocycles. The number of carbonyl (C=O) groups is 1. The van der Waals surface area contributed by atoms with Gasteiger partial charge < -0.3 is 5.32 Å². The highest BCUT2D eigenvalue weighted by Crippen LogP contribution is 2.23. The van der Waals surface area contributed by atoms with Gasteiger partial charge in [-0.3, -0.25) is 4.79 Å². The van der Waals surface area contributed by atoms with E-state index in [1.807, 2.05) is 67.6 Å². The van der Waals surface area contributed by atoms with Crippen molar-refractivity contribution in [2.24, 2.45) is 0 Å². The van der Waals surface area contributed by atoms with E-state index in [1.165, 1.54) is 5.56 Å². The topological polar surface area (TPSA) is 72.2 Å². The van der Waals surface area contributed by atoms with Gasteiger partial charge in [-0.2, -0.15) is 9.61 Å². The molecule has 0 bridgehead atoms. The number of fused-ring (bicyclic) bond motifs is 1. The Labute approximate surface area is 169 Å². The number of nitrogens with zero attached hydrogens (tertiary/aromatic N) is 4. The van der Waals surface area contributed by atoms with E-state index < -0.39 is 0 Å². The first kappa shape index (κ1) is 18.8. The number of aromatic nitrogens is 4. The van der Waals surface area contributed by atoms with Crippen LogP contribution in [0.5, 0.6) is 0 Å². The van der Waals surface area contributed by atoms with Crippen LogP contribution in [-0.2, 0) is 5.41 Å². The van der Waals surface area contributed by atoms with Crippen molar-refractivity contribution in [2.45, 2.75) is 33.1 Å². The molecule has 29 heavy (non-hydrogen) atoms. The van der Waals surface area contributed by atoms with E-state index in [-0.39, 0.29) is 11.3 Å². The Balaban J connectivity index is 1.50. The summed E-state index contributed by atoms with van der Waals surface area (Å²) in [6.45, 7) is 8.33. The minimum atomic E-state index is -0.127. The summed E-state index contributed by atoms with van der Waals surface area (Å²) in [5.74, 6) is 0.612. The predicted molar refractivity (Wildman–Crippen MR) is 114 cm³/mol. The van der Waals surface area contributed by atoms with Gasteiger partial charge in [-0.25, -0.2) is 0 Å². The molecule has 2 heterocycles. The van der Waals surface area contributed by atoms with Crippen LogP contribution in [0, 0.1) is 6.92 Å². The molecule has 0 spiro atoms. The molecule has 146 valence electrons. The molecule has 6 heteroatoms. The molecular formula is C23H23N5O. The maximum atomic E-state index is 12.5. The van der Waals surface area contributed by atoms with E-state index in [2.05, 4.69) is 41.4 Å². The first-order chi connectivity index (χ1) is 13.8. The Hall–Kier alpha value is -3.54. The maximum Gasteiger partial charge on any atom is 0.255 e. The fourth-order valence-electron chi connectivity index (χ4n) is 3.10. The van der Waals surface area contributed by atoms with Crippen molar-refractivity contribution in [2.75, 3.05) is 5.32 Å². The minimum Gasteiger partial charge on any atom is -0.322 e. The molecule has 1 N–H and O–H groups in total. The van der Waals surface area contributed by atoms with Crippen LogP contribution in [0.15, 0.2) is 60.7 Å². The SMILES string of the molecule is Cc1nnc2ccc(-c3ccc(NC(=O)c4ccc(C(C)(C)C)cc4)cc3)nn12. The molecule has 4 aromatic rings. The van der Waals surface area contributed by atoms with Crippen LogP contribution in [0.1, 0.15) is 42.5 Å². The van der Waals surface area contributed by atoms with Crippen molar-refractivity contribution < 1.29 is 4.79 Å². The second kappa shape index (κ2) is 7.13. The number of anilines is 1. The predicted octanol–water partition coefficient (Wildman–Crippen LogP) is 4.65. The number of nitrogens with one attached hydrogen (secondary N) is 1. The first-order valence-corrected chi connectivity index (χ1v) is 9.53. The number of aryl methyl sites for hydroxylation is 1. The number of benzene rings is 2. The van der Waals surface area contributed by atoms with Crippen molar-refractivity contribution in [1.29, 1.82) is 0 Å². The Bertz CT molecular complexity index is 1170. The van der Waals surface area contributed by atoms with E-state index in [0.717, 1.165) is 22.8 Å². The van der Waals surface area contributed by atoms with Gasteiger partial charge in [0.05, 0.1) is 5.69 Å². The van der Waals surface area contributed by atoms with Crippen molar-refractivity contribution in [3.05, 3.63) is 77.6 Å². The lowest BCUT2D eigenvalue weighted by Gasteiger charge is -2.19. The fourth-order valence-corrected chi connectivity index (χ4v) is 3.10. The van der Waals surface area contributed by atoms with E-state index in [4.69, 9.17) is 0 Å². The Morgan fingerprint density at radius 1 is 0.897 bits per heavy atom. The molecule has 1 amide bonds. The summed E-state index contributed by atoms with van der Waals surface area (Å²) in [5.41, 5.74) is 5.12. The number of hydrogen-bond acceptors (Lipinski definition) is 4. The molecule has 2 aromatic carbocycles. The van der Waals surface area contributed by atoms with Crippen molar-refractivity contribution in [1.82, 2.24) is 19.8 Å². The third-order valence-corrected chi connectivity index (χ3v) is 4.87. The second-order valence-corrected chi connectivity index (χ2v) is 8.09. The average Bonchev–Trinajstić information content (AvgIpc) is 3.08. The highest BCUT2D eigenvalue weighted by molar-refractivity contribution is 6.04. The van der Waals surface area contributed by atoms with Crippen molar-refractivity contribution >= 4 is 17.2 Å². The molecule has 0 atom stereocenters. The quantitative estimate of drug-likeness (QED) is 0.557. The molecule has 2 aromatic heterocycles. The monoisotopic (exact) mass is 385 g/mol. The lowest BCUT2D eigenvalue weighted by atomic mass is 9.87. The van der Waals surface area contributed by atoms with Gasteiger partial charge in [-0.15, -0.1) is 10.2 Å². The van der Waals surface area contributed by atoms with Crippen LogP contribution in [-0.4, -0.2) is 25.7 Å². The van der Waals surface area contributed by atoms with Crippen LogP contribution in [0.4, 0.5) is 5.69 Å². The molecule has 0 saturated heterocycles. The zero-order valence-electron chi connectivity index (χ0n) is 17.0. The Kier molecular flexibility index (Phi) is 4.62. The highest BCUT2D eigenvalue weighted by atomic mass is 16.1. The summed E-state index contributed by atoms with van der Waals surface area (Å²) in [6, 6.07) is 19.2. The van der Waals surface area contributed by atoms with Gasteiger partial charge in [-0.1, -0.05) is 45.0 Å². The van der Waals surface area contributed by atoms with E-state index in [9.17, 15) is 4.79 Å². The Morgan fingerprint density at radius 3 is 2.24 bits per heavy atom. The number of carbonyl (C=O) groups excluding carboxylic acids is 1. The average molecular weight is 385 g/mol. The largest absolute Gasteiger partial charge is 0.322 e. The van der Waals surface area contributed by atoms with Gasteiger partial charge >= 0.3 is 0 Å². The zero-order chi connectivity index (χ0) is 20.6. The molecule has 0 saturated carbocycles. The number of hydrogen-bond donors (Lipinski definition) is 1. The molecule has 0 unspecified atom stereocenters. The van der Waals surface area contributed by atoms with Crippen LogP contribution in [0.25, 0.3) is 16.9 Å². The number of rotatable bonds is 3. The normalized spacial score (nSPS) is 11.6. The van der Waals surface area contributed by atoms with Gasteiger partial charge in [-0.05, 0) is 54.3 Å². The van der Waals surface area contributed by atoms with Gasteiger partial charge in [0.2, 0.25) is 0 Å². The minimum absolute atomic E-state index is 0.0627. The van der Waals surface area contributed by atoms with E-state index in [0.29, 0.717) is 11.2 Å².